The average molecular weight is 348 g/mol. The highest BCUT2D eigenvalue weighted by atomic mass is 16.6. The standard InChI is InChI=1S/C19H28N2O4/c1-3-24-17-8-6-5-7-15(17)9-10-18(22)20-16-11-13-21(14-12-16)19(23)25-4-2/h5-8,16H,3-4,9-14H2,1-2H3,(H,20,22). The van der Waals surface area contributed by atoms with Crippen LogP contribution in [-0.2, 0) is 16.0 Å². The zero-order valence-electron chi connectivity index (χ0n) is 15.1. The van der Waals surface area contributed by atoms with Gasteiger partial charge in [-0.1, -0.05) is 18.2 Å². The molecule has 1 N–H and O–H groups in total. The summed E-state index contributed by atoms with van der Waals surface area (Å²) in [5.74, 6) is 0.890. The molecule has 1 saturated heterocycles. The molecule has 0 bridgehead atoms. The van der Waals surface area contributed by atoms with Crippen molar-refractivity contribution >= 4 is 12.0 Å². The summed E-state index contributed by atoms with van der Waals surface area (Å²) in [7, 11) is 0. The van der Waals surface area contributed by atoms with Crippen molar-refractivity contribution in [2.75, 3.05) is 26.3 Å². The first-order valence-electron chi connectivity index (χ1n) is 9.05. The summed E-state index contributed by atoms with van der Waals surface area (Å²) < 4.78 is 10.6. The summed E-state index contributed by atoms with van der Waals surface area (Å²) in [5, 5.41) is 3.07. The minimum Gasteiger partial charge on any atom is -0.494 e. The van der Waals surface area contributed by atoms with Crippen LogP contribution >= 0.6 is 0 Å². The van der Waals surface area contributed by atoms with Crippen LogP contribution in [0.15, 0.2) is 24.3 Å². The lowest BCUT2D eigenvalue weighted by atomic mass is 10.0. The van der Waals surface area contributed by atoms with Gasteiger partial charge >= 0.3 is 6.09 Å². The van der Waals surface area contributed by atoms with Crippen LogP contribution in [0.1, 0.15) is 38.7 Å². The highest BCUT2D eigenvalue weighted by Crippen LogP contribution is 2.19. The summed E-state index contributed by atoms with van der Waals surface area (Å²) in [5.41, 5.74) is 1.05. The zero-order chi connectivity index (χ0) is 18.1. The third kappa shape index (κ3) is 5.96. The van der Waals surface area contributed by atoms with E-state index >= 15 is 0 Å². The van der Waals surface area contributed by atoms with Gasteiger partial charge in [0.1, 0.15) is 5.75 Å². The number of benzene rings is 1. The number of hydrogen-bond donors (Lipinski definition) is 1. The molecule has 1 aromatic carbocycles. The van der Waals surface area contributed by atoms with E-state index in [0.29, 0.717) is 39.1 Å². The van der Waals surface area contributed by atoms with Crippen LogP contribution in [0.3, 0.4) is 0 Å². The van der Waals surface area contributed by atoms with E-state index in [-0.39, 0.29) is 18.0 Å². The van der Waals surface area contributed by atoms with Crippen LogP contribution in [0.2, 0.25) is 0 Å². The summed E-state index contributed by atoms with van der Waals surface area (Å²) in [6.45, 7) is 6.00. The number of carbonyl (C=O) groups excluding carboxylic acids is 2. The lowest BCUT2D eigenvalue weighted by Gasteiger charge is -2.31. The number of nitrogens with zero attached hydrogens (tertiary/aromatic N) is 1. The van der Waals surface area contributed by atoms with Crippen molar-refractivity contribution < 1.29 is 19.1 Å². The third-order valence-electron chi connectivity index (χ3n) is 4.28. The lowest BCUT2D eigenvalue weighted by molar-refractivity contribution is -0.122. The molecule has 2 rings (SSSR count). The highest BCUT2D eigenvalue weighted by molar-refractivity contribution is 5.76. The smallest absolute Gasteiger partial charge is 0.409 e. The Morgan fingerprint density at radius 2 is 1.88 bits per heavy atom. The predicted molar refractivity (Wildman–Crippen MR) is 95.7 cm³/mol. The van der Waals surface area contributed by atoms with E-state index in [1.54, 1.807) is 11.8 Å². The summed E-state index contributed by atoms with van der Waals surface area (Å²) >= 11 is 0. The maximum absolute atomic E-state index is 12.2. The number of nitrogens with one attached hydrogen (secondary N) is 1. The molecule has 0 radical (unpaired) electrons. The van der Waals surface area contributed by atoms with Gasteiger partial charge in [-0.25, -0.2) is 4.79 Å². The van der Waals surface area contributed by atoms with E-state index in [4.69, 9.17) is 9.47 Å². The van der Waals surface area contributed by atoms with Crippen molar-refractivity contribution in [3.8, 4) is 5.75 Å². The van der Waals surface area contributed by atoms with Crippen molar-refractivity contribution in [2.24, 2.45) is 0 Å². The van der Waals surface area contributed by atoms with Gasteiger partial charge in [0, 0.05) is 25.6 Å². The lowest BCUT2D eigenvalue weighted by Crippen LogP contribution is -2.46. The Morgan fingerprint density at radius 1 is 1.16 bits per heavy atom. The maximum atomic E-state index is 12.2. The second-order valence-corrected chi connectivity index (χ2v) is 6.07. The molecule has 0 atom stereocenters. The Kier molecular flexibility index (Phi) is 7.57. The van der Waals surface area contributed by atoms with Gasteiger partial charge in [0.05, 0.1) is 13.2 Å². The minimum absolute atomic E-state index is 0.0425. The van der Waals surface area contributed by atoms with Gasteiger partial charge in [0.2, 0.25) is 5.91 Å². The van der Waals surface area contributed by atoms with E-state index in [2.05, 4.69) is 5.32 Å². The largest absolute Gasteiger partial charge is 0.494 e. The molecule has 138 valence electrons. The van der Waals surface area contributed by atoms with Crippen LogP contribution in [0.5, 0.6) is 5.75 Å². The predicted octanol–water partition coefficient (Wildman–Crippen LogP) is 2.76. The van der Waals surface area contributed by atoms with Gasteiger partial charge in [-0.15, -0.1) is 0 Å². The van der Waals surface area contributed by atoms with E-state index < -0.39 is 0 Å². The number of aryl methyl sites for hydroxylation is 1. The number of hydrogen-bond acceptors (Lipinski definition) is 4. The molecule has 6 heteroatoms. The first-order valence-corrected chi connectivity index (χ1v) is 9.05. The van der Waals surface area contributed by atoms with Gasteiger partial charge in [-0.2, -0.15) is 0 Å². The summed E-state index contributed by atoms with van der Waals surface area (Å²) in [4.78, 5) is 25.6. The molecule has 0 unspecified atom stereocenters. The Labute approximate surface area is 149 Å². The number of rotatable bonds is 7. The van der Waals surface area contributed by atoms with Crippen molar-refractivity contribution in [2.45, 2.75) is 45.6 Å². The fourth-order valence-electron chi connectivity index (χ4n) is 2.98. The molecule has 2 amide bonds. The van der Waals surface area contributed by atoms with Gasteiger partial charge in [0.15, 0.2) is 0 Å². The van der Waals surface area contributed by atoms with E-state index in [9.17, 15) is 9.59 Å². The molecule has 0 spiro atoms. The highest BCUT2D eigenvalue weighted by Gasteiger charge is 2.24. The second-order valence-electron chi connectivity index (χ2n) is 6.07. The van der Waals surface area contributed by atoms with Gasteiger partial charge in [0.25, 0.3) is 0 Å². The number of para-hydroxylation sites is 1. The quantitative estimate of drug-likeness (QED) is 0.823. The monoisotopic (exact) mass is 348 g/mol. The number of carbonyl (C=O) groups is 2. The molecular weight excluding hydrogens is 320 g/mol. The first kappa shape index (κ1) is 19.1. The maximum Gasteiger partial charge on any atom is 0.409 e. The van der Waals surface area contributed by atoms with Crippen molar-refractivity contribution in [3.63, 3.8) is 0 Å². The topological polar surface area (TPSA) is 67.9 Å². The summed E-state index contributed by atoms with van der Waals surface area (Å²) in [6.07, 6.45) is 2.35. The van der Waals surface area contributed by atoms with E-state index in [0.717, 1.165) is 24.2 Å². The normalized spacial score (nSPS) is 14.9. The first-order chi connectivity index (χ1) is 12.1. The minimum atomic E-state index is -0.264. The third-order valence-corrected chi connectivity index (χ3v) is 4.28. The average Bonchev–Trinajstić information content (AvgIpc) is 2.62. The van der Waals surface area contributed by atoms with Crippen LogP contribution in [0, 0.1) is 0 Å². The number of likely N-dealkylation sites (tertiary alicyclic amines) is 1. The Bertz CT molecular complexity index is 568. The number of ether oxygens (including phenoxy) is 2. The molecule has 25 heavy (non-hydrogen) atoms. The van der Waals surface area contributed by atoms with Crippen molar-refractivity contribution in [1.29, 1.82) is 0 Å². The fraction of sp³-hybridized carbons (Fsp3) is 0.579. The fourth-order valence-corrected chi connectivity index (χ4v) is 2.98. The Morgan fingerprint density at radius 3 is 2.56 bits per heavy atom. The van der Waals surface area contributed by atoms with Gasteiger partial charge in [-0.3, -0.25) is 4.79 Å². The van der Waals surface area contributed by atoms with Crippen molar-refractivity contribution in [1.82, 2.24) is 10.2 Å². The molecule has 0 aromatic heterocycles. The van der Waals surface area contributed by atoms with E-state index in [1.165, 1.54) is 0 Å². The van der Waals surface area contributed by atoms with Crippen LogP contribution < -0.4 is 10.1 Å². The molecule has 1 aliphatic heterocycles. The molecule has 1 aliphatic rings. The van der Waals surface area contributed by atoms with Gasteiger partial charge < -0.3 is 19.7 Å². The van der Waals surface area contributed by atoms with Gasteiger partial charge in [-0.05, 0) is 44.7 Å². The molecule has 0 saturated carbocycles. The SMILES string of the molecule is CCOC(=O)N1CCC(NC(=O)CCc2ccccc2OCC)CC1. The zero-order valence-corrected chi connectivity index (χ0v) is 15.1. The Hall–Kier alpha value is -2.24. The Balaban J connectivity index is 1.74. The van der Waals surface area contributed by atoms with Crippen LogP contribution in [0.4, 0.5) is 4.79 Å². The number of piperidine rings is 1. The van der Waals surface area contributed by atoms with Crippen molar-refractivity contribution in [3.05, 3.63) is 29.8 Å². The molecular formula is C19H28N2O4. The van der Waals surface area contributed by atoms with Crippen LogP contribution in [-0.4, -0.2) is 49.2 Å². The molecule has 6 nitrogen and oxygen atoms in total. The van der Waals surface area contributed by atoms with Crippen LogP contribution in [0.25, 0.3) is 0 Å². The molecule has 1 aromatic rings. The molecule has 1 fully saturated rings. The molecule has 0 aliphatic carbocycles. The van der Waals surface area contributed by atoms with E-state index in [1.807, 2.05) is 31.2 Å². The second kappa shape index (κ2) is 9.91. The molecule has 1 heterocycles. The number of amides is 2. The summed E-state index contributed by atoms with van der Waals surface area (Å²) in [6, 6.07) is 7.95.